The van der Waals surface area contributed by atoms with Crippen LogP contribution in [0, 0.1) is 0 Å². The van der Waals surface area contributed by atoms with Gasteiger partial charge in [0.15, 0.2) is 0 Å². The first-order chi connectivity index (χ1) is 12.2. The van der Waals surface area contributed by atoms with Gasteiger partial charge in [-0.25, -0.2) is 9.78 Å². The van der Waals surface area contributed by atoms with Crippen LogP contribution in [-0.2, 0) is 4.79 Å². The lowest BCUT2D eigenvalue weighted by atomic mass is 10.0. The Morgan fingerprint density at radius 1 is 1.28 bits per heavy atom. The van der Waals surface area contributed by atoms with E-state index in [0.717, 1.165) is 36.3 Å². The van der Waals surface area contributed by atoms with Crippen molar-refractivity contribution >= 4 is 11.9 Å². The molecule has 7 nitrogen and oxygen atoms in total. The molecule has 2 heterocycles. The second-order valence-corrected chi connectivity index (χ2v) is 6.08. The molecule has 0 aliphatic carbocycles. The molecule has 132 valence electrons. The van der Waals surface area contributed by atoms with Crippen LogP contribution >= 0.6 is 0 Å². The van der Waals surface area contributed by atoms with Crippen molar-refractivity contribution in [1.29, 1.82) is 0 Å². The van der Waals surface area contributed by atoms with E-state index in [9.17, 15) is 9.59 Å². The number of carbonyl (C=O) groups excluding carboxylic acids is 2. The highest BCUT2D eigenvalue weighted by Crippen LogP contribution is 2.30. The van der Waals surface area contributed by atoms with Gasteiger partial charge in [0, 0.05) is 13.6 Å². The number of aromatic nitrogens is 2. The lowest BCUT2D eigenvalue weighted by Crippen LogP contribution is -2.46. The van der Waals surface area contributed by atoms with Gasteiger partial charge in [-0.15, -0.1) is 0 Å². The highest BCUT2D eigenvalue weighted by molar-refractivity contribution is 5.84. The van der Waals surface area contributed by atoms with Crippen molar-refractivity contribution in [3.63, 3.8) is 0 Å². The number of aromatic amines is 1. The molecule has 1 aromatic heterocycles. The minimum absolute atomic E-state index is 0.0115. The largest absolute Gasteiger partial charge is 0.341 e. The molecule has 3 rings (SSSR count). The summed E-state index contributed by atoms with van der Waals surface area (Å²) in [4.78, 5) is 33.5. The van der Waals surface area contributed by atoms with E-state index in [2.05, 4.69) is 20.6 Å². The Bertz CT molecular complexity index is 728. The number of imidazole rings is 1. The fraction of sp³-hybridized carbons (Fsp3) is 0.389. The molecular weight excluding hydrogens is 318 g/mol. The molecule has 0 radical (unpaired) electrons. The summed E-state index contributed by atoms with van der Waals surface area (Å²) in [5.41, 5.74) is 2.01. The predicted octanol–water partition coefficient (Wildman–Crippen LogP) is 2.06. The number of urea groups is 1. The quantitative estimate of drug-likeness (QED) is 0.795. The van der Waals surface area contributed by atoms with Gasteiger partial charge in [0.2, 0.25) is 5.91 Å². The van der Waals surface area contributed by atoms with Gasteiger partial charge >= 0.3 is 6.03 Å². The third kappa shape index (κ3) is 3.99. The second kappa shape index (κ2) is 7.83. The first-order valence-corrected chi connectivity index (χ1v) is 8.54. The van der Waals surface area contributed by atoms with Crippen molar-refractivity contribution < 1.29 is 9.59 Å². The normalized spacial score (nSPS) is 17.2. The summed E-state index contributed by atoms with van der Waals surface area (Å²) in [6.45, 7) is 0.669. The molecule has 1 fully saturated rings. The SMILES string of the molecule is CNC(=O)NCC(=O)N1CCCC[C@@H]1c1ncc(-c2ccccc2)[nH]1. The van der Waals surface area contributed by atoms with Gasteiger partial charge in [-0.3, -0.25) is 4.79 Å². The topological polar surface area (TPSA) is 90.1 Å². The van der Waals surface area contributed by atoms with Crippen LogP contribution < -0.4 is 10.6 Å². The Hall–Kier alpha value is -2.83. The lowest BCUT2D eigenvalue weighted by molar-refractivity contribution is -0.134. The minimum Gasteiger partial charge on any atom is -0.341 e. The number of H-pyrrole nitrogens is 1. The van der Waals surface area contributed by atoms with E-state index in [1.54, 1.807) is 0 Å². The minimum atomic E-state index is -0.355. The summed E-state index contributed by atoms with van der Waals surface area (Å²) < 4.78 is 0. The van der Waals surface area contributed by atoms with Crippen LogP contribution in [0.4, 0.5) is 4.79 Å². The van der Waals surface area contributed by atoms with Crippen molar-refractivity contribution in [2.24, 2.45) is 0 Å². The first kappa shape index (κ1) is 17.0. The van der Waals surface area contributed by atoms with Crippen molar-refractivity contribution in [3.05, 3.63) is 42.4 Å². The molecular formula is C18H23N5O2. The summed E-state index contributed by atoms with van der Waals surface area (Å²) in [6.07, 6.45) is 4.70. The zero-order valence-corrected chi connectivity index (χ0v) is 14.3. The van der Waals surface area contributed by atoms with E-state index in [0.29, 0.717) is 6.54 Å². The average molecular weight is 341 g/mol. The highest BCUT2D eigenvalue weighted by atomic mass is 16.2. The van der Waals surface area contributed by atoms with Crippen LogP contribution in [0.15, 0.2) is 36.5 Å². The average Bonchev–Trinajstić information content (AvgIpc) is 3.16. The smallest absolute Gasteiger partial charge is 0.314 e. The third-order valence-corrected chi connectivity index (χ3v) is 4.45. The molecule has 0 unspecified atom stereocenters. The molecule has 1 atom stereocenters. The van der Waals surface area contributed by atoms with Gasteiger partial charge in [0.25, 0.3) is 0 Å². The van der Waals surface area contributed by atoms with Gasteiger partial charge in [0.1, 0.15) is 5.82 Å². The Morgan fingerprint density at radius 2 is 2.08 bits per heavy atom. The van der Waals surface area contributed by atoms with Crippen molar-refractivity contribution in [2.45, 2.75) is 25.3 Å². The van der Waals surface area contributed by atoms with Crippen LogP contribution in [0.5, 0.6) is 0 Å². The van der Waals surface area contributed by atoms with Gasteiger partial charge in [-0.05, 0) is 24.8 Å². The summed E-state index contributed by atoms with van der Waals surface area (Å²) in [7, 11) is 1.53. The molecule has 3 N–H and O–H groups in total. The lowest BCUT2D eigenvalue weighted by Gasteiger charge is -2.34. The zero-order chi connectivity index (χ0) is 17.6. The zero-order valence-electron chi connectivity index (χ0n) is 14.3. The fourth-order valence-electron chi connectivity index (χ4n) is 3.13. The Morgan fingerprint density at radius 3 is 2.84 bits per heavy atom. The van der Waals surface area contributed by atoms with E-state index < -0.39 is 0 Å². The van der Waals surface area contributed by atoms with Crippen molar-refractivity contribution in [3.8, 4) is 11.3 Å². The summed E-state index contributed by atoms with van der Waals surface area (Å²) in [5.74, 6) is 0.706. The molecule has 3 amide bonds. The number of hydrogen-bond acceptors (Lipinski definition) is 3. The number of benzene rings is 1. The monoisotopic (exact) mass is 341 g/mol. The molecule has 1 aliphatic heterocycles. The molecule has 2 aromatic rings. The van der Waals surface area contributed by atoms with E-state index in [-0.39, 0.29) is 24.5 Å². The summed E-state index contributed by atoms with van der Waals surface area (Å²) in [6, 6.07) is 9.55. The summed E-state index contributed by atoms with van der Waals surface area (Å²) >= 11 is 0. The number of likely N-dealkylation sites (tertiary alicyclic amines) is 1. The molecule has 25 heavy (non-hydrogen) atoms. The molecule has 7 heteroatoms. The van der Waals surface area contributed by atoms with Crippen molar-refractivity contribution in [1.82, 2.24) is 25.5 Å². The molecule has 0 bridgehead atoms. The standard InChI is InChI=1S/C18H23N5O2/c1-19-18(25)21-12-16(24)23-10-6-5-9-15(23)17-20-11-14(22-17)13-7-3-2-4-8-13/h2-4,7-8,11,15H,5-6,9-10,12H2,1H3,(H,20,22)(H2,19,21,25)/t15-/m1/s1. The number of nitrogens with one attached hydrogen (secondary N) is 3. The van der Waals surface area contributed by atoms with Gasteiger partial charge in [-0.1, -0.05) is 30.3 Å². The van der Waals surface area contributed by atoms with Gasteiger partial charge < -0.3 is 20.5 Å². The Labute approximate surface area is 146 Å². The molecule has 1 saturated heterocycles. The fourth-order valence-corrected chi connectivity index (χ4v) is 3.13. The van der Waals surface area contributed by atoms with E-state index in [1.807, 2.05) is 41.4 Å². The number of rotatable bonds is 4. The molecule has 0 spiro atoms. The highest BCUT2D eigenvalue weighted by Gasteiger charge is 2.30. The second-order valence-electron chi connectivity index (χ2n) is 6.08. The number of piperidine rings is 1. The maximum absolute atomic E-state index is 12.5. The van der Waals surface area contributed by atoms with Crippen LogP contribution in [-0.4, -0.2) is 46.9 Å². The number of nitrogens with zero attached hydrogens (tertiary/aromatic N) is 2. The van der Waals surface area contributed by atoms with Crippen LogP contribution in [0.1, 0.15) is 31.1 Å². The van der Waals surface area contributed by atoms with Crippen molar-refractivity contribution in [2.75, 3.05) is 20.1 Å². The van der Waals surface area contributed by atoms with E-state index in [1.165, 1.54) is 7.05 Å². The molecule has 0 saturated carbocycles. The van der Waals surface area contributed by atoms with Gasteiger partial charge in [0.05, 0.1) is 24.5 Å². The third-order valence-electron chi connectivity index (χ3n) is 4.45. The van der Waals surface area contributed by atoms with Crippen LogP contribution in [0.3, 0.4) is 0 Å². The maximum atomic E-state index is 12.5. The first-order valence-electron chi connectivity index (χ1n) is 8.54. The number of amides is 3. The summed E-state index contributed by atoms with van der Waals surface area (Å²) in [5, 5.41) is 5.01. The molecule has 1 aromatic carbocycles. The Balaban J connectivity index is 1.74. The number of hydrogen-bond donors (Lipinski definition) is 3. The molecule has 1 aliphatic rings. The maximum Gasteiger partial charge on any atom is 0.314 e. The van der Waals surface area contributed by atoms with Crippen LogP contribution in [0.25, 0.3) is 11.3 Å². The Kier molecular flexibility index (Phi) is 5.33. The number of carbonyl (C=O) groups is 2. The van der Waals surface area contributed by atoms with Gasteiger partial charge in [-0.2, -0.15) is 0 Å². The predicted molar refractivity (Wildman–Crippen MR) is 94.8 cm³/mol. The van der Waals surface area contributed by atoms with Crippen LogP contribution in [0.2, 0.25) is 0 Å². The van der Waals surface area contributed by atoms with E-state index in [4.69, 9.17) is 0 Å². The van der Waals surface area contributed by atoms with E-state index >= 15 is 0 Å².